The van der Waals surface area contributed by atoms with Crippen molar-refractivity contribution in [3.8, 4) is 0 Å². The van der Waals surface area contributed by atoms with Crippen LogP contribution in [0.25, 0.3) is 0 Å². The van der Waals surface area contributed by atoms with Crippen molar-refractivity contribution >= 4 is 28.1 Å². The fourth-order valence-electron chi connectivity index (χ4n) is 1.57. The second-order valence-corrected chi connectivity index (χ2v) is 6.49. The highest BCUT2D eigenvalue weighted by Gasteiger charge is 2.15. The Morgan fingerprint density at radius 3 is 2.63 bits per heavy atom. The summed E-state index contributed by atoms with van der Waals surface area (Å²) >= 11 is 0. The fraction of sp³-hybridized carbons (Fsp3) is 0.462. The van der Waals surface area contributed by atoms with Crippen LogP contribution in [-0.4, -0.2) is 42.3 Å². The third-order valence-corrected chi connectivity index (χ3v) is 4.16. The van der Waals surface area contributed by atoms with Gasteiger partial charge in [-0.05, 0) is 25.1 Å². The normalized spacial score (nSPS) is 13.7. The lowest BCUT2D eigenvalue weighted by Crippen LogP contribution is -2.33. The van der Waals surface area contributed by atoms with E-state index in [0.717, 1.165) is 5.69 Å². The summed E-state index contributed by atoms with van der Waals surface area (Å²) in [5.41, 5.74) is 7.60. The van der Waals surface area contributed by atoms with E-state index in [9.17, 15) is 9.00 Å². The molecule has 0 aromatic heterocycles. The van der Waals surface area contributed by atoms with E-state index in [1.54, 1.807) is 18.4 Å². The van der Waals surface area contributed by atoms with Gasteiger partial charge < -0.3 is 16.0 Å². The van der Waals surface area contributed by atoms with Gasteiger partial charge in [0.25, 0.3) is 5.91 Å². The SMILES string of the molecule is CC(CNC(=O)c1cc(N)ccc1N(C)C)S(C)=O. The average molecular weight is 283 g/mol. The van der Waals surface area contributed by atoms with Gasteiger partial charge in [-0.25, -0.2) is 0 Å². The maximum absolute atomic E-state index is 12.2. The molecule has 2 unspecified atom stereocenters. The molecule has 6 heteroatoms. The molecule has 1 amide bonds. The number of benzene rings is 1. The highest BCUT2D eigenvalue weighted by molar-refractivity contribution is 7.84. The molecule has 0 aliphatic rings. The molecular weight excluding hydrogens is 262 g/mol. The van der Waals surface area contributed by atoms with Crippen molar-refractivity contribution in [3.05, 3.63) is 23.8 Å². The smallest absolute Gasteiger partial charge is 0.253 e. The Labute approximate surface area is 116 Å². The highest BCUT2D eigenvalue weighted by atomic mass is 32.2. The van der Waals surface area contributed by atoms with Gasteiger partial charge in [0.15, 0.2) is 0 Å². The van der Waals surface area contributed by atoms with E-state index in [1.165, 1.54) is 0 Å². The number of carbonyl (C=O) groups excluding carboxylic acids is 1. The van der Waals surface area contributed by atoms with Gasteiger partial charge in [0, 0.05) is 54.3 Å². The van der Waals surface area contributed by atoms with Gasteiger partial charge in [-0.15, -0.1) is 0 Å². The largest absolute Gasteiger partial charge is 0.399 e. The fourth-order valence-corrected chi connectivity index (χ4v) is 1.89. The molecular formula is C13H21N3O2S. The van der Waals surface area contributed by atoms with Crippen molar-refractivity contribution in [2.45, 2.75) is 12.2 Å². The molecule has 0 heterocycles. The van der Waals surface area contributed by atoms with Gasteiger partial charge in [0.05, 0.1) is 5.56 Å². The number of rotatable bonds is 5. The monoisotopic (exact) mass is 283 g/mol. The first-order chi connectivity index (χ1) is 8.82. The number of carbonyl (C=O) groups is 1. The van der Waals surface area contributed by atoms with Gasteiger partial charge in [-0.1, -0.05) is 0 Å². The summed E-state index contributed by atoms with van der Waals surface area (Å²) < 4.78 is 11.3. The van der Waals surface area contributed by atoms with E-state index >= 15 is 0 Å². The first-order valence-electron chi connectivity index (χ1n) is 6.00. The van der Waals surface area contributed by atoms with Crippen molar-refractivity contribution < 1.29 is 9.00 Å². The van der Waals surface area contributed by atoms with Crippen LogP contribution in [0.2, 0.25) is 0 Å². The molecule has 0 saturated carbocycles. The molecule has 0 fully saturated rings. The molecule has 0 bridgehead atoms. The van der Waals surface area contributed by atoms with E-state index in [2.05, 4.69) is 5.32 Å². The van der Waals surface area contributed by atoms with Crippen LogP contribution in [0.5, 0.6) is 0 Å². The summed E-state index contributed by atoms with van der Waals surface area (Å²) in [5, 5.41) is 2.71. The minimum absolute atomic E-state index is 0.0761. The Hall–Kier alpha value is -1.56. The van der Waals surface area contributed by atoms with E-state index in [1.807, 2.05) is 32.0 Å². The summed E-state index contributed by atoms with van der Waals surface area (Å²) in [4.78, 5) is 14.0. The van der Waals surface area contributed by atoms with Crippen LogP contribution in [0.3, 0.4) is 0 Å². The van der Waals surface area contributed by atoms with Crippen molar-refractivity contribution in [3.63, 3.8) is 0 Å². The molecule has 19 heavy (non-hydrogen) atoms. The van der Waals surface area contributed by atoms with Gasteiger partial charge in [-0.3, -0.25) is 9.00 Å². The topological polar surface area (TPSA) is 75.4 Å². The molecule has 106 valence electrons. The molecule has 2 atom stereocenters. The summed E-state index contributed by atoms with van der Waals surface area (Å²) in [5.74, 6) is -0.201. The molecule has 0 radical (unpaired) electrons. The second kappa shape index (κ2) is 6.56. The molecule has 1 aromatic carbocycles. The molecule has 5 nitrogen and oxygen atoms in total. The standard InChI is InChI=1S/C13H21N3O2S/c1-9(19(4)18)8-15-13(17)11-7-10(14)5-6-12(11)16(2)3/h5-7,9H,8,14H2,1-4H3,(H,15,17). The molecule has 1 aromatic rings. The number of hydrogen-bond donors (Lipinski definition) is 2. The number of nitrogens with two attached hydrogens (primary N) is 1. The Balaban J connectivity index is 2.87. The number of anilines is 2. The van der Waals surface area contributed by atoms with Gasteiger partial charge >= 0.3 is 0 Å². The molecule has 0 saturated heterocycles. The van der Waals surface area contributed by atoms with E-state index in [-0.39, 0.29) is 11.2 Å². The molecule has 0 spiro atoms. The van der Waals surface area contributed by atoms with Crippen LogP contribution in [0.4, 0.5) is 11.4 Å². The van der Waals surface area contributed by atoms with Gasteiger partial charge in [0.1, 0.15) is 0 Å². The molecule has 3 N–H and O–H groups in total. The van der Waals surface area contributed by atoms with Crippen molar-refractivity contribution in [2.24, 2.45) is 0 Å². The Bertz CT molecular complexity index is 489. The summed E-state index contributed by atoms with van der Waals surface area (Å²) in [6, 6.07) is 5.22. The summed E-state index contributed by atoms with van der Waals surface area (Å²) in [6.07, 6.45) is 1.63. The highest BCUT2D eigenvalue weighted by Crippen LogP contribution is 2.21. The first kappa shape index (κ1) is 15.5. The lowest BCUT2D eigenvalue weighted by atomic mass is 10.1. The third-order valence-electron chi connectivity index (χ3n) is 2.86. The molecule has 0 aliphatic heterocycles. The second-order valence-electron chi connectivity index (χ2n) is 4.69. The van der Waals surface area contributed by atoms with Crippen LogP contribution < -0.4 is 16.0 Å². The Morgan fingerprint density at radius 1 is 1.47 bits per heavy atom. The van der Waals surface area contributed by atoms with Crippen molar-refractivity contribution in [2.75, 3.05) is 37.5 Å². The predicted octanol–water partition coefficient (Wildman–Crippen LogP) is 0.832. The van der Waals surface area contributed by atoms with E-state index in [4.69, 9.17) is 5.73 Å². The number of nitrogens with one attached hydrogen (secondary N) is 1. The maximum atomic E-state index is 12.2. The zero-order chi connectivity index (χ0) is 14.6. The van der Waals surface area contributed by atoms with Gasteiger partial charge in [0.2, 0.25) is 0 Å². The van der Waals surface area contributed by atoms with Crippen molar-refractivity contribution in [1.29, 1.82) is 0 Å². The van der Waals surface area contributed by atoms with E-state index < -0.39 is 10.8 Å². The number of nitrogen functional groups attached to an aromatic ring is 1. The quantitative estimate of drug-likeness (QED) is 0.785. The van der Waals surface area contributed by atoms with Crippen LogP contribution in [-0.2, 0) is 10.8 Å². The zero-order valence-corrected chi connectivity index (χ0v) is 12.6. The minimum Gasteiger partial charge on any atom is -0.399 e. The molecule has 1 rings (SSSR count). The zero-order valence-electron chi connectivity index (χ0n) is 11.8. The Morgan fingerprint density at radius 2 is 2.11 bits per heavy atom. The predicted molar refractivity (Wildman–Crippen MR) is 81.0 cm³/mol. The van der Waals surface area contributed by atoms with Crippen LogP contribution in [0, 0.1) is 0 Å². The van der Waals surface area contributed by atoms with Gasteiger partial charge in [-0.2, -0.15) is 0 Å². The summed E-state index contributed by atoms with van der Waals surface area (Å²) in [7, 11) is 2.78. The number of nitrogens with zero attached hydrogens (tertiary/aromatic N) is 1. The maximum Gasteiger partial charge on any atom is 0.253 e. The minimum atomic E-state index is -0.952. The lowest BCUT2D eigenvalue weighted by Gasteiger charge is -2.18. The lowest BCUT2D eigenvalue weighted by molar-refractivity contribution is 0.0954. The van der Waals surface area contributed by atoms with E-state index in [0.29, 0.717) is 17.8 Å². The third kappa shape index (κ3) is 4.24. The first-order valence-corrected chi connectivity index (χ1v) is 7.62. The molecule has 0 aliphatic carbocycles. The number of hydrogen-bond acceptors (Lipinski definition) is 4. The Kier molecular flexibility index (Phi) is 5.35. The summed E-state index contributed by atoms with van der Waals surface area (Å²) in [6.45, 7) is 2.21. The van der Waals surface area contributed by atoms with Crippen LogP contribution >= 0.6 is 0 Å². The number of amides is 1. The van der Waals surface area contributed by atoms with Crippen LogP contribution in [0.1, 0.15) is 17.3 Å². The average Bonchev–Trinajstić information content (AvgIpc) is 2.34. The van der Waals surface area contributed by atoms with Crippen molar-refractivity contribution in [1.82, 2.24) is 5.32 Å². The van der Waals surface area contributed by atoms with Crippen LogP contribution in [0.15, 0.2) is 18.2 Å².